The summed E-state index contributed by atoms with van der Waals surface area (Å²) in [7, 11) is 0. The molecule has 0 radical (unpaired) electrons. The molecule has 8 aromatic carbocycles. The van der Waals surface area contributed by atoms with Gasteiger partial charge in [-0.1, -0.05) is 158 Å². The second kappa shape index (κ2) is 11.5. The number of aromatic nitrogens is 2. The minimum absolute atomic E-state index is 1.16. The van der Waals surface area contributed by atoms with Gasteiger partial charge < -0.3 is 9.13 Å². The highest BCUT2D eigenvalue weighted by molar-refractivity contribution is 6.12. The molecule has 0 fully saturated rings. The van der Waals surface area contributed by atoms with Crippen molar-refractivity contribution < 1.29 is 0 Å². The Labute approximate surface area is 290 Å². The van der Waals surface area contributed by atoms with Crippen molar-refractivity contribution in [3.05, 3.63) is 194 Å². The Morgan fingerprint density at radius 3 is 1.40 bits per heavy atom. The number of nitrogens with zero attached hydrogens (tertiary/aromatic N) is 2. The first kappa shape index (κ1) is 28.4. The van der Waals surface area contributed by atoms with E-state index in [1.54, 1.807) is 0 Å². The first-order valence-electron chi connectivity index (χ1n) is 17.2. The summed E-state index contributed by atoms with van der Waals surface area (Å²) in [6.07, 6.45) is 0. The molecule has 2 aromatic heterocycles. The van der Waals surface area contributed by atoms with Gasteiger partial charge in [0.15, 0.2) is 0 Å². The SMILES string of the molecule is c1ccc(-c2cccc(-c3ccccc3-c3ccc4c5ccccc5n(-c5ccccc5)c4c3)c2-n2c3ccccc3c3ccccc32)cc1. The van der Waals surface area contributed by atoms with Crippen LogP contribution in [0.2, 0.25) is 0 Å². The van der Waals surface area contributed by atoms with Crippen LogP contribution in [-0.4, -0.2) is 9.13 Å². The van der Waals surface area contributed by atoms with Crippen molar-refractivity contribution in [2.75, 3.05) is 0 Å². The molecule has 0 bridgehead atoms. The zero-order valence-electron chi connectivity index (χ0n) is 27.4. The maximum absolute atomic E-state index is 2.48. The quantitative estimate of drug-likeness (QED) is 0.178. The lowest BCUT2D eigenvalue weighted by molar-refractivity contribution is 1.18. The topological polar surface area (TPSA) is 9.86 Å². The third-order valence-corrected chi connectivity index (χ3v) is 10.1. The van der Waals surface area contributed by atoms with Crippen molar-refractivity contribution in [2.24, 2.45) is 0 Å². The van der Waals surface area contributed by atoms with Gasteiger partial charge in [-0.2, -0.15) is 0 Å². The second-order valence-electron chi connectivity index (χ2n) is 12.9. The number of hydrogen-bond acceptors (Lipinski definition) is 0. The first-order valence-corrected chi connectivity index (χ1v) is 17.2. The molecule has 50 heavy (non-hydrogen) atoms. The number of hydrogen-bond donors (Lipinski definition) is 0. The first-order chi connectivity index (χ1) is 24.8. The lowest BCUT2D eigenvalue weighted by Gasteiger charge is -2.21. The van der Waals surface area contributed by atoms with Crippen LogP contribution in [0.25, 0.3) is 88.4 Å². The fourth-order valence-corrected chi connectivity index (χ4v) is 7.98. The van der Waals surface area contributed by atoms with Crippen molar-refractivity contribution >= 4 is 43.6 Å². The Bertz CT molecular complexity index is 2800. The third-order valence-electron chi connectivity index (χ3n) is 10.1. The van der Waals surface area contributed by atoms with Crippen LogP contribution < -0.4 is 0 Å². The normalized spacial score (nSPS) is 11.6. The predicted molar refractivity (Wildman–Crippen MR) is 211 cm³/mol. The summed E-state index contributed by atoms with van der Waals surface area (Å²) in [5.74, 6) is 0. The summed E-state index contributed by atoms with van der Waals surface area (Å²) >= 11 is 0. The molecule has 10 aromatic rings. The average molecular weight is 637 g/mol. The van der Waals surface area contributed by atoms with E-state index < -0.39 is 0 Å². The molecule has 0 saturated heterocycles. The standard InChI is InChI=1S/C48H32N2/c1-3-16-33(17-4-1)37-25-15-26-43(48(37)50-45-28-13-10-22-39(45)40-23-11-14-29-46(40)50)38-21-8-7-20-36(38)34-30-31-42-41-24-9-12-27-44(41)49(47(42)32-34)35-18-5-2-6-19-35/h1-32H. The summed E-state index contributed by atoms with van der Waals surface area (Å²) in [5, 5.41) is 5.02. The van der Waals surface area contributed by atoms with E-state index in [9.17, 15) is 0 Å². The highest BCUT2D eigenvalue weighted by Gasteiger charge is 2.21. The molecule has 10 rings (SSSR count). The van der Waals surface area contributed by atoms with Gasteiger partial charge in [0.2, 0.25) is 0 Å². The fourth-order valence-electron chi connectivity index (χ4n) is 7.98. The van der Waals surface area contributed by atoms with E-state index >= 15 is 0 Å². The van der Waals surface area contributed by atoms with Crippen molar-refractivity contribution in [1.29, 1.82) is 0 Å². The second-order valence-corrected chi connectivity index (χ2v) is 12.9. The molecule has 2 nitrogen and oxygen atoms in total. The molecule has 2 heterocycles. The molecular weight excluding hydrogens is 605 g/mol. The maximum Gasteiger partial charge on any atom is 0.0619 e. The van der Waals surface area contributed by atoms with Gasteiger partial charge in [-0.15, -0.1) is 0 Å². The van der Waals surface area contributed by atoms with Crippen molar-refractivity contribution in [1.82, 2.24) is 9.13 Å². The van der Waals surface area contributed by atoms with Gasteiger partial charge in [-0.05, 0) is 58.7 Å². The summed E-state index contributed by atoms with van der Waals surface area (Å²) in [6, 6.07) is 70.4. The monoisotopic (exact) mass is 636 g/mol. The van der Waals surface area contributed by atoms with Crippen LogP contribution in [0.5, 0.6) is 0 Å². The number of rotatable bonds is 5. The van der Waals surface area contributed by atoms with E-state index in [4.69, 9.17) is 0 Å². The Hall–Kier alpha value is -6.64. The zero-order chi connectivity index (χ0) is 33.0. The molecule has 0 aliphatic heterocycles. The summed E-state index contributed by atoms with van der Waals surface area (Å²) in [6.45, 7) is 0. The zero-order valence-corrected chi connectivity index (χ0v) is 27.4. The van der Waals surface area contributed by atoms with Crippen LogP contribution in [-0.2, 0) is 0 Å². The number of para-hydroxylation sites is 5. The van der Waals surface area contributed by atoms with Gasteiger partial charge in [0.1, 0.15) is 0 Å². The van der Waals surface area contributed by atoms with Gasteiger partial charge in [0.05, 0.1) is 27.8 Å². The third kappa shape index (κ3) is 4.36. The van der Waals surface area contributed by atoms with E-state index in [0.717, 1.165) is 5.69 Å². The van der Waals surface area contributed by atoms with E-state index in [-0.39, 0.29) is 0 Å². The Balaban J connectivity index is 1.28. The van der Waals surface area contributed by atoms with E-state index in [2.05, 4.69) is 203 Å². The Morgan fingerprint density at radius 1 is 0.260 bits per heavy atom. The van der Waals surface area contributed by atoms with Crippen LogP contribution in [0, 0.1) is 0 Å². The Morgan fingerprint density at radius 2 is 0.740 bits per heavy atom. The van der Waals surface area contributed by atoms with Crippen LogP contribution in [0.15, 0.2) is 194 Å². The van der Waals surface area contributed by atoms with Gasteiger partial charge in [-0.3, -0.25) is 0 Å². The van der Waals surface area contributed by atoms with Crippen LogP contribution in [0.1, 0.15) is 0 Å². The highest BCUT2D eigenvalue weighted by Crippen LogP contribution is 2.44. The van der Waals surface area contributed by atoms with Crippen molar-refractivity contribution in [2.45, 2.75) is 0 Å². The molecule has 0 aliphatic rings. The number of fused-ring (bicyclic) bond motifs is 6. The van der Waals surface area contributed by atoms with Crippen LogP contribution in [0.4, 0.5) is 0 Å². The Kier molecular flexibility index (Phi) is 6.53. The molecule has 0 amide bonds. The summed E-state index contributed by atoms with van der Waals surface area (Å²) < 4.78 is 4.88. The van der Waals surface area contributed by atoms with E-state index in [0.29, 0.717) is 0 Å². The minimum Gasteiger partial charge on any atom is -0.309 e. The summed E-state index contributed by atoms with van der Waals surface area (Å²) in [5.41, 5.74) is 14.3. The van der Waals surface area contributed by atoms with Gasteiger partial charge in [-0.25, -0.2) is 0 Å². The predicted octanol–water partition coefficient (Wildman–Crippen LogP) is 12.9. The van der Waals surface area contributed by atoms with Gasteiger partial charge in [0.25, 0.3) is 0 Å². The fraction of sp³-hybridized carbons (Fsp3) is 0. The molecule has 0 aliphatic carbocycles. The smallest absolute Gasteiger partial charge is 0.0619 e. The molecule has 234 valence electrons. The van der Waals surface area contributed by atoms with Crippen molar-refractivity contribution in [3.63, 3.8) is 0 Å². The highest BCUT2D eigenvalue weighted by atomic mass is 15.0. The van der Waals surface area contributed by atoms with Crippen molar-refractivity contribution in [3.8, 4) is 44.8 Å². The molecular formula is C48H32N2. The molecule has 0 spiro atoms. The molecule has 0 saturated carbocycles. The van der Waals surface area contributed by atoms with E-state index in [1.807, 2.05) is 0 Å². The minimum atomic E-state index is 1.16. The van der Waals surface area contributed by atoms with Gasteiger partial charge >= 0.3 is 0 Å². The molecule has 0 unspecified atom stereocenters. The molecule has 0 atom stereocenters. The average Bonchev–Trinajstić information content (AvgIpc) is 3.71. The molecule has 0 N–H and O–H groups in total. The lowest BCUT2D eigenvalue weighted by Crippen LogP contribution is -2.01. The number of benzene rings is 8. The summed E-state index contributed by atoms with van der Waals surface area (Å²) in [4.78, 5) is 0. The van der Waals surface area contributed by atoms with E-state index in [1.165, 1.54) is 82.7 Å². The lowest BCUT2D eigenvalue weighted by atomic mass is 9.90. The van der Waals surface area contributed by atoms with Crippen LogP contribution in [0.3, 0.4) is 0 Å². The van der Waals surface area contributed by atoms with Gasteiger partial charge in [0, 0.05) is 38.4 Å². The largest absolute Gasteiger partial charge is 0.309 e. The maximum atomic E-state index is 2.48. The van der Waals surface area contributed by atoms with Crippen LogP contribution >= 0.6 is 0 Å². The molecule has 2 heteroatoms.